The van der Waals surface area contributed by atoms with Crippen molar-refractivity contribution in [2.24, 2.45) is 0 Å². The lowest BCUT2D eigenvalue weighted by atomic mass is 10.1. The lowest BCUT2D eigenvalue weighted by Crippen LogP contribution is -2.34. The van der Waals surface area contributed by atoms with Gasteiger partial charge in [0.2, 0.25) is 5.69 Å². The van der Waals surface area contributed by atoms with E-state index >= 15 is 0 Å². The van der Waals surface area contributed by atoms with Crippen LogP contribution in [0.25, 0.3) is 12.2 Å². The smallest absolute Gasteiger partial charge is 0.205 e. The van der Waals surface area contributed by atoms with E-state index < -0.39 is 0 Å². The highest BCUT2D eigenvalue weighted by Crippen LogP contribution is 2.21. The van der Waals surface area contributed by atoms with Crippen LogP contribution in [0.4, 0.5) is 5.69 Å². The molecule has 140 valence electrons. The highest BCUT2D eigenvalue weighted by Gasteiger charge is 2.03. The largest absolute Gasteiger partial charge is 0.374 e. The van der Waals surface area contributed by atoms with E-state index in [1.165, 1.54) is 16.9 Å². The molecule has 0 aliphatic rings. The summed E-state index contributed by atoms with van der Waals surface area (Å²) in [6.45, 7) is 5.28. The van der Waals surface area contributed by atoms with Crippen LogP contribution in [-0.4, -0.2) is 38.7 Å². The van der Waals surface area contributed by atoms with Crippen molar-refractivity contribution in [2.45, 2.75) is 13.5 Å². The Morgan fingerprint density at radius 1 is 1.04 bits per heavy atom. The fourth-order valence-corrected chi connectivity index (χ4v) is 4.57. The quantitative estimate of drug-likeness (QED) is 0.353. The van der Waals surface area contributed by atoms with Gasteiger partial charge in [-0.1, -0.05) is 33.7 Å². The molecule has 5 heteroatoms. The molecule has 0 fully saturated rings. The molecule has 2 rings (SSSR count). The molecule has 1 aromatic heterocycles. The fourth-order valence-electron chi connectivity index (χ4n) is 2.52. The van der Waals surface area contributed by atoms with Crippen molar-refractivity contribution in [2.75, 3.05) is 43.6 Å². The number of benzene rings is 1. The van der Waals surface area contributed by atoms with Crippen LogP contribution in [0.5, 0.6) is 0 Å². The average Bonchev–Trinajstić information content (AvgIpc) is 2.69. The number of nitrogens with zero attached hydrogens (tertiary/aromatic N) is 2. The van der Waals surface area contributed by atoms with Gasteiger partial charge in [-0.05, 0) is 43.8 Å². The molecule has 1 heterocycles. The lowest BCUT2D eigenvalue weighted by molar-refractivity contribution is -0.695. The summed E-state index contributed by atoms with van der Waals surface area (Å²) < 4.78 is 2.24. The Morgan fingerprint density at radius 2 is 1.81 bits per heavy atom. The normalized spacial score (nSPS) is 11.2. The van der Waals surface area contributed by atoms with Crippen molar-refractivity contribution in [1.29, 1.82) is 0 Å². The van der Waals surface area contributed by atoms with Gasteiger partial charge in [0.25, 0.3) is 0 Å². The van der Waals surface area contributed by atoms with Gasteiger partial charge >= 0.3 is 0 Å². The average molecular weight is 389 g/mol. The minimum atomic E-state index is 0.982. The predicted molar refractivity (Wildman–Crippen MR) is 120 cm³/mol. The number of anilines is 1. The van der Waals surface area contributed by atoms with Crippen LogP contribution in [0, 0.1) is 0 Å². The van der Waals surface area contributed by atoms with Gasteiger partial charge < -0.3 is 10.2 Å². The van der Waals surface area contributed by atoms with Crippen molar-refractivity contribution in [1.82, 2.24) is 5.32 Å². The molecule has 0 saturated heterocycles. The molecule has 0 bridgehead atoms. The number of nitrogens with one attached hydrogen (secondary N) is 1. The zero-order valence-corrected chi connectivity index (χ0v) is 17.7. The zero-order valence-electron chi connectivity index (χ0n) is 16.0. The highest BCUT2D eigenvalue weighted by atomic mass is 33.1. The number of aryl methyl sites for hydroxylation is 1. The van der Waals surface area contributed by atoms with Crippen LogP contribution >= 0.6 is 21.6 Å². The molecule has 0 spiro atoms. The van der Waals surface area contributed by atoms with Crippen LogP contribution in [0.1, 0.15) is 18.2 Å². The number of hydrogen-bond donors (Lipinski definition) is 1. The Morgan fingerprint density at radius 3 is 2.54 bits per heavy atom. The second kappa shape index (κ2) is 12.0. The standard InChI is InChI=1S/C21H30N3S2/c1-4-24-15-6-5-7-21(24)13-10-19-8-11-20(12-9-19)23(3)16-18-26-25-17-14-22-2/h5-13,15,22H,4,14,16-18H2,1-3H3/q+1. The van der Waals surface area contributed by atoms with Gasteiger partial charge in [-0.15, -0.1) is 0 Å². The summed E-state index contributed by atoms with van der Waals surface area (Å²) in [6, 6.07) is 15.1. The summed E-state index contributed by atoms with van der Waals surface area (Å²) >= 11 is 0. The van der Waals surface area contributed by atoms with Gasteiger partial charge in [0, 0.05) is 55.5 Å². The van der Waals surface area contributed by atoms with E-state index in [9.17, 15) is 0 Å². The van der Waals surface area contributed by atoms with Crippen LogP contribution in [0.15, 0.2) is 48.7 Å². The van der Waals surface area contributed by atoms with E-state index in [4.69, 9.17) is 0 Å². The van der Waals surface area contributed by atoms with E-state index in [1.54, 1.807) is 0 Å². The molecule has 0 amide bonds. The highest BCUT2D eigenvalue weighted by molar-refractivity contribution is 8.76. The first kappa shape index (κ1) is 20.9. The van der Waals surface area contributed by atoms with Crippen molar-refractivity contribution >= 4 is 39.4 Å². The van der Waals surface area contributed by atoms with E-state index in [-0.39, 0.29) is 0 Å². The molecule has 2 aromatic rings. The third kappa shape index (κ3) is 7.06. The molecule has 0 saturated carbocycles. The minimum Gasteiger partial charge on any atom is -0.374 e. The van der Waals surface area contributed by atoms with Crippen molar-refractivity contribution in [3.8, 4) is 0 Å². The maximum Gasteiger partial charge on any atom is 0.205 e. The molecule has 26 heavy (non-hydrogen) atoms. The predicted octanol–water partition coefficient (Wildman–Crippen LogP) is 4.20. The van der Waals surface area contributed by atoms with Crippen molar-refractivity contribution in [3.63, 3.8) is 0 Å². The summed E-state index contributed by atoms with van der Waals surface area (Å²) in [5.74, 6) is 2.29. The second-order valence-corrected chi connectivity index (χ2v) is 8.71. The van der Waals surface area contributed by atoms with E-state index in [2.05, 4.69) is 89.6 Å². The van der Waals surface area contributed by atoms with Crippen LogP contribution in [0.3, 0.4) is 0 Å². The molecular formula is C21H30N3S2+. The Hall–Kier alpha value is -1.43. The molecular weight excluding hydrogens is 358 g/mol. The van der Waals surface area contributed by atoms with Gasteiger partial charge in [-0.3, -0.25) is 0 Å². The summed E-state index contributed by atoms with van der Waals surface area (Å²) in [6.07, 6.45) is 6.48. The number of hydrogen-bond acceptors (Lipinski definition) is 4. The summed E-state index contributed by atoms with van der Waals surface area (Å²) in [7, 11) is 8.06. The monoisotopic (exact) mass is 388 g/mol. The van der Waals surface area contributed by atoms with Crippen LogP contribution in [0.2, 0.25) is 0 Å². The van der Waals surface area contributed by atoms with Crippen molar-refractivity contribution < 1.29 is 4.57 Å². The summed E-state index contributed by atoms with van der Waals surface area (Å²) in [5.41, 5.74) is 3.72. The van der Waals surface area contributed by atoms with Crippen LogP contribution < -0.4 is 14.8 Å². The summed E-state index contributed by atoms with van der Waals surface area (Å²) in [5, 5.41) is 3.17. The van der Waals surface area contributed by atoms with Gasteiger partial charge in [0.15, 0.2) is 6.20 Å². The molecule has 0 radical (unpaired) electrons. The summed E-state index contributed by atoms with van der Waals surface area (Å²) in [4.78, 5) is 2.32. The van der Waals surface area contributed by atoms with E-state index in [0.29, 0.717) is 0 Å². The number of pyridine rings is 1. The number of aromatic nitrogens is 1. The van der Waals surface area contributed by atoms with Gasteiger partial charge in [-0.25, -0.2) is 0 Å². The fraction of sp³-hybridized carbons (Fsp3) is 0.381. The molecule has 3 nitrogen and oxygen atoms in total. The number of rotatable bonds is 11. The minimum absolute atomic E-state index is 0.982. The first-order valence-corrected chi connectivity index (χ1v) is 11.6. The van der Waals surface area contributed by atoms with Gasteiger partial charge in [-0.2, -0.15) is 4.57 Å². The first-order valence-electron chi connectivity index (χ1n) is 9.11. The Bertz CT molecular complexity index is 671. The molecule has 0 atom stereocenters. The van der Waals surface area contributed by atoms with E-state index in [0.717, 1.165) is 31.1 Å². The Kier molecular flexibility index (Phi) is 9.67. The van der Waals surface area contributed by atoms with E-state index in [1.807, 2.05) is 28.6 Å². The maximum atomic E-state index is 3.17. The molecule has 1 N–H and O–H groups in total. The first-order chi connectivity index (χ1) is 12.7. The zero-order chi connectivity index (χ0) is 18.6. The second-order valence-electron chi connectivity index (χ2n) is 6.01. The molecule has 0 unspecified atom stereocenters. The van der Waals surface area contributed by atoms with Gasteiger partial charge in [0.1, 0.15) is 6.54 Å². The van der Waals surface area contributed by atoms with Gasteiger partial charge in [0.05, 0.1) is 0 Å². The molecule has 0 aliphatic heterocycles. The molecule has 1 aromatic carbocycles. The Balaban J connectivity index is 1.84. The SMILES string of the molecule is CC[n+]1ccccc1/C=C/c1ccc(N(C)CCSSCCNC)cc1. The third-order valence-corrected chi connectivity index (χ3v) is 6.51. The molecule has 0 aliphatic carbocycles. The topological polar surface area (TPSA) is 19.1 Å². The maximum absolute atomic E-state index is 3.17. The van der Waals surface area contributed by atoms with Crippen LogP contribution in [-0.2, 0) is 6.54 Å². The Labute approximate surface area is 166 Å². The third-order valence-electron chi connectivity index (χ3n) is 4.13. The lowest BCUT2D eigenvalue weighted by Gasteiger charge is -2.19. The van der Waals surface area contributed by atoms with Crippen molar-refractivity contribution in [3.05, 3.63) is 59.9 Å².